The standard InChI is InChI=1S/C8H16N2O2/c1-6-4-10(5-6)3-2-7(9)8(11)12/h6-7H,2-5,9H2,1H3,(H,11,12). The van der Waals surface area contributed by atoms with Crippen LogP contribution >= 0.6 is 0 Å². The van der Waals surface area contributed by atoms with Gasteiger partial charge in [0.05, 0.1) is 0 Å². The summed E-state index contributed by atoms with van der Waals surface area (Å²) in [5.41, 5.74) is 5.35. The molecule has 70 valence electrons. The molecule has 1 saturated heterocycles. The molecule has 1 heterocycles. The predicted octanol–water partition coefficient (Wildman–Crippen LogP) is -0.260. The summed E-state index contributed by atoms with van der Waals surface area (Å²) in [6, 6.07) is -0.694. The third kappa shape index (κ3) is 2.46. The molecule has 0 aromatic carbocycles. The molecule has 0 radical (unpaired) electrons. The third-order valence-electron chi connectivity index (χ3n) is 2.21. The first-order valence-corrected chi connectivity index (χ1v) is 4.30. The van der Waals surface area contributed by atoms with Crippen molar-refractivity contribution >= 4 is 5.97 Å². The Morgan fingerprint density at radius 3 is 2.75 bits per heavy atom. The molecule has 0 amide bonds. The van der Waals surface area contributed by atoms with Crippen molar-refractivity contribution < 1.29 is 9.90 Å². The van der Waals surface area contributed by atoms with Crippen LogP contribution in [0.2, 0.25) is 0 Å². The van der Waals surface area contributed by atoms with Gasteiger partial charge in [-0.1, -0.05) is 6.92 Å². The van der Waals surface area contributed by atoms with E-state index in [0.717, 1.165) is 25.6 Å². The van der Waals surface area contributed by atoms with Gasteiger partial charge in [-0.3, -0.25) is 4.79 Å². The van der Waals surface area contributed by atoms with Crippen molar-refractivity contribution in [2.24, 2.45) is 11.7 Å². The van der Waals surface area contributed by atoms with Crippen LogP contribution in [0, 0.1) is 5.92 Å². The predicted molar refractivity (Wildman–Crippen MR) is 45.8 cm³/mol. The third-order valence-corrected chi connectivity index (χ3v) is 2.21. The smallest absolute Gasteiger partial charge is 0.320 e. The molecular weight excluding hydrogens is 156 g/mol. The van der Waals surface area contributed by atoms with Crippen LogP contribution in [-0.2, 0) is 4.79 Å². The van der Waals surface area contributed by atoms with E-state index in [1.807, 2.05) is 0 Å². The van der Waals surface area contributed by atoms with Crippen LogP contribution in [0.1, 0.15) is 13.3 Å². The number of carbonyl (C=O) groups is 1. The second-order valence-electron chi connectivity index (χ2n) is 3.60. The zero-order valence-corrected chi connectivity index (χ0v) is 7.36. The van der Waals surface area contributed by atoms with Crippen molar-refractivity contribution in [3.63, 3.8) is 0 Å². The van der Waals surface area contributed by atoms with Crippen molar-refractivity contribution in [3.05, 3.63) is 0 Å². The Hall–Kier alpha value is -0.610. The van der Waals surface area contributed by atoms with Gasteiger partial charge in [0.15, 0.2) is 0 Å². The van der Waals surface area contributed by atoms with Crippen molar-refractivity contribution in [2.45, 2.75) is 19.4 Å². The normalized spacial score (nSPS) is 21.8. The Kier molecular flexibility index (Phi) is 3.05. The molecule has 1 aliphatic rings. The van der Waals surface area contributed by atoms with Crippen molar-refractivity contribution in [1.29, 1.82) is 0 Å². The maximum Gasteiger partial charge on any atom is 0.320 e. The van der Waals surface area contributed by atoms with Gasteiger partial charge < -0.3 is 15.7 Å². The molecule has 1 rings (SSSR count). The molecule has 0 aromatic rings. The van der Waals surface area contributed by atoms with Gasteiger partial charge in [-0.2, -0.15) is 0 Å². The van der Waals surface area contributed by atoms with Gasteiger partial charge in [-0.05, 0) is 12.3 Å². The molecule has 1 fully saturated rings. The van der Waals surface area contributed by atoms with E-state index >= 15 is 0 Å². The maximum atomic E-state index is 10.3. The SMILES string of the molecule is CC1CN(CCC(N)C(=O)O)C1. The maximum absolute atomic E-state index is 10.3. The van der Waals surface area contributed by atoms with Crippen LogP contribution in [0.5, 0.6) is 0 Å². The van der Waals surface area contributed by atoms with Crippen molar-refractivity contribution in [3.8, 4) is 0 Å². The average molecular weight is 172 g/mol. The minimum atomic E-state index is -0.899. The number of hydrogen-bond acceptors (Lipinski definition) is 3. The van der Waals surface area contributed by atoms with Gasteiger partial charge in [0.1, 0.15) is 6.04 Å². The van der Waals surface area contributed by atoms with E-state index < -0.39 is 12.0 Å². The van der Waals surface area contributed by atoms with E-state index in [2.05, 4.69) is 11.8 Å². The summed E-state index contributed by atoms with van der Waals surface area (Å²) in [6.45, 7) is 5.18. The Balaban J connectivity index is 2.06. The van der Waals surface area contributed by atoms with Crippen LogP contribution in [0.4, 0.5) is 0 Å². The summed E-state index contributed by atoms with van der Waals surface area (Å²) in [5, 5.41) is 8.49. The van der Waals surface area contributed by atoms with Crippen molar-refractivity contribution in [2.75, 3.05) is 19.6 Å². The van der Waals surface area contributed by atoms with E-state index in [4.69, 9.17) is 10.8 Å². The molecule has 0 spiro atoms. The Morgan fingerprint density at radius 1 is 1.75 bits per heavy atom. The molecule has 0 aliphatic carbocycles. The highest BCUT2D eigenvalue weighted by molar-refractivity contribution is 5.72. The Labute approximate surface area is 72.3 Å². The van der Waals surface area contributed by atoms with Crippen LogP contribution < -0.4 is 5.73 Å². The van der Waals surface area contributed by atoms with E-state index in [-0.39, 0.29) is 0 Å². The largest absolute Gasteiger partial charge is 0.480 e. The molecule has 1 aliphatic heterocycles. The molecule has 0 bridgehead atoms. The first-order valence-electron chi connectivity index (χ1n) is 4.30. The molecule has 3 N–H and O–H groups in total. The molecule has 4 nitrogen and oxygen atoms in total. The minimum Gasteiger partial charge on any atom is -0.480 e. The number of hydrogen-bond donors (Lipinski definition) is 2. The first kappa shape index (κ1) is 9.48. The van der Waals surface area contributed by atoms with Gasteiger partial charge in [-0.25, -0.2) is 0 Å². The average Bonchev–Trinajstić information content (AvgIpc) is 1.95. The number of nitrogens with two attached hydrogens (primary N) is 1. The van der Waals surface area contributed by atoms with Crippen molar-refractivity contribution in [1.82, 2.24) is 4.90 Å². The molecule has 0 saturated carbocycles. The lowest BCUT2D eigenvalue weighted by atomic mass is 10.0. The zero-order valence-electron chi connectivity index (χ0n) is 7.36. The summed E-state index contributed by atoms with van der Waals surface area (Å²) in [4.78, 5) is 12.6. The van der Waals surface area contributed by atoms with Gasteiger partial charge in [0, 0.05) is 19.6 Å². The van der Waals surface area contributed by atoms with E-state index in [0.29, 0.717) is 6.42 Å². The molecule has 4 heteroatoms. The molecule has 0 aromatic heterocycles. The lowest BCUT2D eigenvalue weighted by Gasteiger charge is -2.37. The quantitative estimate of drug-likeness (QED) is 0.613. The number of carboxylic acids is 1. The van der Waals surface area contributed by atoms with Crippen LogP contribution in [-0.4, -0.2) is 41.7 Å². The van der Waals surface area contributed by atoms with Crippen LogP contribution in [0.25, 0.3) is 0 Å². The topological polar surface area (TPSA) is 66.6 Å². The number of likely N-dealkylation sites (tertiary alicyclic amines) is 1. The van der Waals surface area contributed by atoms with E-state index in [1.165, 1.54) is 0 Å². The number of aliphatic carboxylic acids is 1. The monoisotopic (exact) mass is 172 g/mol. The second-order valence-corrected chi connectivity index (χ2v) is 3.60. The van der Waals surface area contributed by atoms with Gasteiger partial charge in [0.25, 0.3) is 0 Å². The fourth-order valence-corrected chi connectivity index (χ4v) is 1.46. The van der Waals surface area contributed by atoms with Gasteiger partial charge >= 0.3 is 5.97 Å². The fourth-order valence-electron chi connectivity index (χ4n) is 1.46. The molecular formula is C8H16N2O2. The highest BCUT2D eigenvalue weighted by Crippen LogP contribution is 2.14. The molecule has 1 unspecified atom stereocenters. The number of nitrogens with zero attached hydrogens (tertiary/aromatic N) is 1. The minimum absolute atomic E-state index is 0.558. The molecule has 12 heavy (non-hydrogen) atoms. The summed E-state index contributed by atoms with van der Waals surface area (Å²) >= 11 is 0. The summed E-state index contributed by atoms with van der Waals surface area (Å²) < 4.78 is 0. The van der Waals surface area contributed by atoms with Gasteiger partial charge in [-0.15, -0.1) is 0 Å². The molecule has 1 atom stereocenters. The number of carboxylic acid groups (broad SMARTS) is 1. The summed E-state index contributed by atoms with van der Waals surface area (Å²) in [7, 11) is 0. The van der Waals surface area contributed by atoms with Crippen LogP contribution in [0.3, 0.4) is 0 Å². The lowest BCUT2D eigenvalue weighted by Crippen LogP contribution is -2.47. The summed E-state index contributed by atoms with van der Waals surface area (Å²) in [6.07, 6.45) is 0.558. The number of rotatable bonds is 4. The fraction of sp³-hybridized carbons (Fsp3) is 0.875. The lowest BCUT2D eigenvalue weighted by molar-refractivity contribution is -0.138. The highest BCUT2D eigenvalue weighted by atomic mass is 16.4. The Morgan fingerprint density at radius 2 is 2.33 bits per heavy atom. The van der Waals surface area contributed by atoms with E-state index in [1.54, 1.807) is 0 Å². The van der Waals surface area contributed by atoms with E-state index in [9.17, 15) is 4.79 Å². The second kappa shape index (κ2) is 3.87. The zero-order chi connectivity index (χ0) is 9.14. The first-order chi connectivity index (χ1) is 5.59. The Bertz CT molecular complexity index is 166. The van der Waals surface area contributed by atoms with Crippen LogP contribution in [0.15, 0.2) is 0 Å². The summed E-state index contributed by atoms with van der Waals surface area (Å²) in [5.74, 6) is -0.130. The van der Waals surface area contributed by atoms with Gasteiger partial charge in [0.2, 0.25) is 0 Å². The highest BCUT2D eigenvalue weighted by Gasteiger charge is 2.23.